The lowest BCUT2D eigenvalue weighted by molar-refractivity contribution is -0.113. The Labute approximate surface area is 164 Å². The Hall–Kier alpha value is -1.89. The highest BCUT2D eigenvalue weighted by atomic mass is 79.9. The summed E-state index contributed by atoms with van der Waals surface area (Å²) in [4.78, 5) is 12.9. The number of rotatable bonds is 3. The summed E-state index contributed by atoms with van der Waals surface area (Å²) in [7, 11) is 0. The first-order chi connectivity index (χ1) is 12.0. The smallest absolute Gasteiger partial charge is 0.255 e. The van der Waals surface area contributed by atoms with Crippen molar-refractivity contribution in [1.29, 1.82) is 0 Å². The third-order valence-electron chi connectivity index (χ3n) is 3.81. The molecule has 0 saturated carbocycles. The van der Waals surface area contributed by atoms with Crippen LogP contribution in [-0.4, -0.2) is 11.0 Å². The van der Waals surface area contributed by atoms with E-state index in [0.29, 0.717) is 27.1 Å². The number of halogens is 2. The van der Waals surface area contributed by atoms with Gasteiger partial charge in [0.1, 0.15) is 0 Å². The van der Waals surface area contributed by atoms with E-state index in [-0.39, 0.29) is 11.9 Å². The first kappa shape index (κ1) is 17.9. The summed E-state index contributed by atoms with van der Waals surface area (Å²) >= 11 is 14.8. The van der Waals surface area contributed by atoms with E-state index in [1.807, 2.05) is 31.2 Å². The van der Waals surface area contributed by atoms with Gasteiger partial charge >= 0.3 is 0 Å². The van der Waals surface area contributed by atoms with Crippen molar-refractivity contribution in [2.75, 3.05) is 5.32 Å². The highest BCUT2D eigenvalue weighted by Crippen LogP contribution is 2.32. The van der Waals surface area contributed by atoms with E-state index in [1.165, 1.54) is 0 Å². The van der Waals surface area contributed by atoms with Gasteiger partial charge < -0.3 is 16.0 Å². The maximum atomic E-state index is 12.9. The van der Waals surface area contributed by atoms with Gasteiger partial charge in [0, 0.05) is 20.9 Å². The van der Waals surface area contributed by atoms with Crippen LogP contribution in [0.1, 0.15) is 18.5 Å². The summed E-state index contributed by atoms with van der Waals surface area (Å²) in [5.74, 6) is -0.219. The molecule has 0 saturated heterocycles. The number of thiocarbonyl (C=S) groups is 1. The quantitative estimate of drug-likeness (QED) is 0.619. The van der Waals surface area contributed by atoms with Crippen molar-refractivity contribution in [2.45, 2.75) is 13.0 Å². The Morgan fingerprint density at radius 2 is 2.00 bits per heavy atom. The number of amides is 1. The Balaban J connectivity index is 1.97. The van der Waals surface area contributed by atoms with Crippen molar-refractivity contribution < 1.29 is 4.79 Å². The number of hydrogen-bond donors (Lipinski definition) is 3. The standard InChI is InChI=1S/C18H15BrClN3OS/c1-10-15(17(24)22-12-6-4-5-11(20)9-12)16(23-18(25)21-10)13-7-2-3-8-14(13)19/h2-9,16H,1H3,(H,22,24)(H2,21,23,25)/t16-/m0/s1. The van der Waals surface area contributed by atoms with E-state index in [2.05, 4.69) is 31.9 Å². The van der Waals surface area contributed by atoms with Gasteiger partial charge in [-0.2, -0.15) is 0 Å². The number of anilines is 1. The number of allylic oxidation sites excluding steroid dienone is 1. The summed E-state index contributed by atoms with van der Waals surface area (Å²) in [6, 6.07) is 14.4. The van der Waals surface area contributed by atoms with Crippen LogP contribution in [0.25, 0.3) is 0 Å². The third kappa shape index (κ3) is 4.03. The molecule has 3 N–H and O–H groups in total. The van der Waals surface area contributed by atoms with Crippen LogP contribution >= 0.6 is 39.7 Å². The Morgan fingerprint density at radius 3 is 2.72 bits per heavy atom. The Bertz CT molecular complexity index is 884. The van der Waals surface area contributed by atoms with Crippen LogP contribution in [0.4, 0.5) is 5.69 Å². The lowest BCUT2D eigenvalue weighted by Gasteiger charge is -2.31. The highest BCUT2D eigenvalue weighted by Gasteiger charge is 2.30. The highest BCUT2D eigenvalue weighted by molar-refractivity contribution is 9.10. The molecule has 3 rings (SSSR count). The predicted molar refractivity (Wildman–Crippen MR) is 109 cm³/mol. The van der Waals surface area contributed by atoms with Gasteiger partial charge in [-0.25, -0.2) is 0 Å². The van der Waals surface area contributed by atoms with Gasteiger partial charge in [0.15, 0.2) is 5.11 Å². The molecule has 2 aromatic rings. The number of benzene rings is 2. The molecule has 7 heteroatoms. The van der Waals surface area contributed by atoms with Crippen LogP contribution < -0.4 is 16.0 Å². The van der Waals surface area contributed by atoms with Crippen molar-refractivity contribution in [3.8, 4) is 0 Å². The van der Waals surface area contributed by atoms with Crippen LogP contribution in [-0.2, 0) is 4.79 Å². The molecule has 0 radical (unpaired) electrons. The minimum absolute atomic E-state index is 0.219. The molecule has 1 aliphatic rings. The lowest BCUT2D eigenvalue weighted by atomic mass is 9.95. The van der Waals surface area contributed by atoms with Crippen LogP contribution in [0, 0.1) is 0 Å². The molecule has 4 nitrogen and oxygen atoms in total. The average Bonchev–Trinajstić information content (AvgIpc) is 2.54. The largest absolute Gasteiger partial charge is 0.351 e. The molecule has 0 unspecified atom stereocenters. The normalized spacial score (nSPS) is 16.9. The van der Waals surface area contributed by atoms with Gasteiger partial charge in [-0.15, -0.1) is 0 Å². The maximum Gasteiger partial charge on any atom is 0.255 e. The lowest BCUT2D eigenvalue weighted by Crippen LogP contribution is -2.45. The zero-order chi connectivity index (χ0) is 18.0. The van der Waals surface area contributed by atoms with Gasteiger partial charge in [0.05, 0.1) is 11.6 Å². The van der Waals surface area contributed by atoms with Gasteiger partial charge in [-0.05, 0) is 49.0 Å². The molecule has 1 atom stereocenters. The molecule has 0 bridgehead atoms. The van der Waals surface area contributed by atoms with Gasteiger partial charge in [-0.3, -0.25) is 4.79 Å². The second kappa shape index (κ2) is 7.56. The van der Waals surface area contributed by atoms with Crippen molar-refractivity contribution >= 4 is 56.5 Å². The summed E-state index contributed by atoms with van der Waals surface area (Å²) < 4.78 is 0.901. The monoisotopic (exact) mass is 435 g/mol. The van der Waals surface area contributed by atoms with Crippen molar-refractivity contribution in [3.63, 3.8) is 0 Å². The zero-order valence-electron chi connectivity index (χ0n) is 13.3. The second-order valence-electron chi connectivity index (χ2n) is 5.56. The molecule has 25 heavy (non-hydrogen) atoms. The second-order valence-corrected chi connectivity index (χ2v) is 7.26. The van der Waals surface area contributed by atoms with Crippen LogP contribution in [0.5, 0.6) is 0 Å². The molecule has 1 aliphatic heterocycles. The van der Waals surface area contributed by atoms with Gasteiger partial charge in [-0.1, -0.05) is 51.8 Å². The molecule has 2 aromatic carbocycles. The van der Waals surface area contributed by atoms with E-state index in [9.17, 15) is 4.79 Å². The molecule has 1 heterocycles. The SMILES string of the molecule is CC1=C(C(=O)Nc2cccc(Cl)c2)[C@H](c2ccccc2Br)NC(=S)N1. The molecular weight excluding hydrogens is 422 g/mol. The average molecular weight is 437 g/mol. The number of carbonyl (C=O) groups is 1. The van der Waals surface area contributed by atoms with Crippen molar-refractivity contribution in [2.24, 2.45) is 0 Å². The minimum atomic E-state index is -0.358. The zero-order valence-corrected chi connectivity index (χ0v) is 16.4. The molecular formula is C18H15BrClN3OS. The van der Waals surface area contributed by atoms with E-state index >= 15 is 0 Å². The van der Waals surface area contributed by atoms with Crippen LogP contribution in [0.3, 0.4) is 0 Å². The van der Waals surface area contributed by atoms with Gasteiger partial charge in [0.25, 0.3) is 5.91 Å². The minimum Gasteiger partial charge on any atom is -0.351 e. The predicted octanol–water partition coefficient (Wildman–Crippen LogP) is 4.53. The number of carbonyl (C=O) groups excluding carboxylic acids is 1. The van der Waals surface area contributed by atoms with Crippen molar-refractivity contribution in [1.82, 2.24) is 10.6 Å². The Morgan fingerprint density at radius 1 is 1.24 bits per heavy atom. The fourth-order valence-corrected chi connectivity index (χ4v) is 3.68. The molecule has 0 aliphatic carbocycles. The third-order valence-corrected chi connectivity index (χ3v) is 4.99. The number of hydrogen-bond acceptors (Lipinski definition) is 2. The van der Waals surface area contributed by atoms with E-state index in [0.717, 1.165) is 10.0 Å². The molecule has 0 spiro atoms. The Kier molecular flexibility index (Phi) is 5.42. The number of nitrogens with one attached hydrogen (secondary N) is 3. The van der Waals surface area contributed by atoms with Crippen molar-refractivity contribution in [3.05, 3.63) is 74.9 Å². The van der Waals surface area contributed by atoms with E-state index < -0.39 is 0 Å². The maximum absolute atomic E-state index is 12.9. The summed E-state index contributed by atoms with van der Waals surface area (Å²) in [5.41, 5.74) is 2.85. The summed E-state index contributed by atoms with van der Waals surface area (Å²) in [6.07, 6.45) is 0. The van der Waals surface area contributed by atoms with E-state index in [1.54, 1.807) is 24.3 Å². The molecule has 128 valence electrons. The molecule has 0 fully saturated rings. The first-order valence-electron chi connectivity index (χ1n) is 7.55. The topological polar surface area (TPSA) is 53.2 Å². The first-order valence-corrected chi connectivity index (χ1v) is 9.13. The fourth-order valence-electron chi connectivity index (χ4n) is 2.70. The van der Waals surface area contributed by atoms with Crippen LogP contribution in [0.15, 0.2) is 64.3 Å². The summed E-state index contributed by atoms with van der Waals surface area (Å²) in [5, 5.41) is 10.1. The van der Waals surface area contributed by atoms with Gasteiger partial charge in [0.2, 0.25) is 0 Å². The molecule has 0 aromatic heterocycles. The molecule has 1 amide bonds. The van der Waals surface area contributed by atoms with E-state index in [4.69, 9.17) is 23.8 Å². The van der Waals surface area contributed by atoms with Crippen LogP contribution in [0.2, 0.25) is 5.02 Å². The fraction of sp³-hybridized carbons (Fsp3) is 0.111. The summed E-state index contributed by atoms with van der Waals surface area (Å²) in [6.45, 7) is 1.84.